The maximum Gasteiger partial charge on any atom is 0.337 e. The van der Waals surface area contributed by atoms with Crippen LogP contribution in [0, 0.1) is 0 Å². The Hall–Kier alpha value is -2.61. The molecule has 2 rings (SSSR count). The molecule has 4 N–H and O–H groups in total. The molecular formula is C12H11N3O4S. The Morgan fingerprint density at radius 2 is 2.15 bits per heavy atom. The largest absolute Gasteiger partial charge is 0.508 e. The fourth-order valence-corrected chi connectivity index (χ4v) is 2.02. The molecule has 0 atom stereocenters. The van der Waals surface area contributed by atoms with Gasteiger partial charge in [-0.3, -0.25) is 4.98 Å². The molecule has 0 bridgehead atoms. The van der Waals surface area contributed by atoms with Gasteiger partial charge in [-0.25, -0.2) is 9.59 Å². The van der Waals surface area contributed by atoms with Crippen LogP contribution >= 0.6 is 11.3 Å². The SMILES string of the molecule is O=C(NCc1cncs1)Nc1ccc(O)cc1C(=O)O. The Kier molecular flexibility index (Phi) is 4.16. The van der Waals surface area contributed by atoms with E-state index in [2.05, 4.69) is 15.6 Å². The number of rotatable bonds is 4. The molecule has 0 saturated heterocycles. The van der Waals surface area contributed by atoms with Crippen LogP contribution < -0.4 is 10.6 Å². The van der Waals surface area contributed by atoms with Crippen LogP contribution in [0.4, 0.5) is 10.5 Å². The summed E-state index contributed by atoms with van der Waals surface area (Å²) in [4.78, 5) is 27.4. The normalized spacial score (nSPS) is 10.0. The number of benzene rings is 1. The van der Waals surface area contributed by atoms with Crippen molar-refractivity contribution in [3.63, 3.8) is 0 Å². The molecule has 7 nitrogen and oxygen atoms in total. The highest BCUT2D eigenvalue weighted by atomic mass is 32.1. The number of aromatic hydroxyl groups is 1. The number of hydrogen-bond acceptors (Lipinski definition) is 5. The Morgan fingerprint density at radius 1 is 1.35 bits per heavy atom. The molecular weight excluding hydrogens is 282 g/mol. The molecule has 0 saturated carbocycles. The van der Waals surface area contributed by atoms with Gasteiger partial charge in [-0.15, -0.1) is 11.3 Å². The molecule has 0 aliphatic carbocycles. The lowest BCUT2D eigenvalue weighted by molar-refractivity contribution is 0.0697. The van der Waals surface area contributed by atoms with Crippen LogP contribution in [-0.2, 0) is 6.54 Å². The number of nitrogens with zero attached hydrogens (tertiary/aromatic N) is 1. The lowest BCUT2D eigenvalue weighted by Gasteiger charge is -2.09. The molecule has 2 aromatic rings. The average Bonchev–Trinajstić information content (AvgIpc) is 2.91. The van der Waals surface area contributed by atoms with Gasteiger partial charge in [0.05, 0.1) is 23.3 Å². The number of aromatic nitrogens is 1. The molecule has 1 aromatic heterocycles. The van der Waals surface area contributed by atoms with Gasteiger partial charge in [-0.2, -0.15) is 0 Å². The number of phenols is 1. The van der Waals surface area contributed by atoms with E-state index in [1.165, 1.54) is 23.5 Å². The Labute approximate surface area is 117 Å². The van der Waals surface area contributed by atoms with Crippen molar-refractivity contribution >= 4 is 29.0 Å². The van der Waals surface area contributed by atoms with Gasteiger partial charge in [0.25, 0.3) is 0 Å². The first-order chi connectivity index (χ1) is 9.56. The molecule has 2 amide bonds. The number of urea groups is 1. The molecule has 104 valence electrons. The molecule has 1 aromatic carbocycles. The highest BCUT2D eigenvalue weighted by molar-refractivity contribution is 7.09. The molecule has 0 radical (unpaired) electrons. The van der Waals surface area contributed by atoms with E-state index >= 15 is 0 Å². The number of amides is 2. The van der Waals surface area contributed by atoms with E-state index in [-0.39, 0.29) is 17.0 Å². The molecule has 0 fully saturated rings. The Morgan fingerprint density at radius 3 is 2.80 bits per heavy atom. The summed E-state index contributed by atoms with van der Waals surface area (Å²) < 4.78 is 0. The molecule has 0 spiro atoms. The second-order valence-corrected chi connectivity index (χ2v) is 4.78. The predicted molar refractivity (Wildman–Crippen MR) is 73.0 cm³/mol. The second-order valence-electron chi connectivity index (χ2n) is 3.81. The summed E-state index contributed by atoms with van der Waals surface area (Å²) in [6.07, 6.45) is 1.63. The summed E-state index contributed by atoms with van der Waals surface area (Å²) >= 11 is 1.40. The van der Waals surface area contributed by atoms with Gasteiger partial charge in [0.1, 0.15) is 5.75 Å². The zero-order valence-electron chi connectivity index (χ0n) is 10.2. The first-order valence-corrected chi connectivity index (χ1v) is 6.43. The van der Waals surface area contributed by atoms with Crippen LogP contribution in [0.5, 0.6) is 5.75 Å². The third kappa shape index (κ3) is 3.45. The minimum Gasteiger partial charge on any atom is -0.508 e. The zero-order chi connectivity index (χ0) is 14.5. The Balaban J connectivity index is 2.02. The van der Waals surface area contributed by atoms with Crippen molar-refractivity contribution in [1.82, 2.24) is 10.3 Å². The van der Waals surface area contributed by atoms with E-state index in [4.69, 9.17) is 5.11 Å². The van der Waals surface area contributed by atoms with Gasteiger partial charge < -0.3 is 20.8 Å². The van der Waals surface area contributed by atoms with E-state index in [1.54, 1.807) is 11.7 Å². The summed E-state index contributed by atoms with van der Waals surface area (Å²) in [6, 6.07) is 3.16. The highest BCUT2D eigenvalue weighted by Crippen LogP contribution is 2.21. The number of carboxylic acids is 1. The summed E-state index contributed by atoms with van der Waals surface area (Å²) in [5.74, 6) is -1.42. The number of nitrogens with one attached hydrogen (secondary N) is 2. The standard InChI is InChI=1S/C12H11N3O4S/c16-7-1-2-10(9(3-7)11(17)18)15-12(19)14-5-8-4-13-6-20-8/h1-4,6,16H,5H2,(H,17,18)(H2,14,15,19). The van der Waals surface area contributed by atoms with Gasteiger partial charge in [0.2, 0.25) is 0 Å². The number of aromatic carboxylic acids is 1. The quantitative estimate of drug-likeness (QED) is 0.643. The first kappa shape index (κ1) is 13.8. The fourth-order valence-electron chi connectivity index (χ4n) is 1.48. The van der Waals surface area contributed by atoms with Crippen molar-refractivity contribution in [3.05, 3.63) is 40.3 Å². The van der Waals surface area contributed by atoms with E-state index in [1.807, 2.05) is 0 Å². The van der Waals surface area contributed by atoms with Crippen LogP contribution in [0.3, 0.4) is 0 Å². The minimum atomic E-state index is -1.24. The lowest BCUT2D eigenvalue weighted by atomic mass is 10.1. The highest BCUT2D eigenvalue weighted by Gasteiger charge is 2.13. The molecule has 20 heavy (non-hydrogen) atoms. The number of anilines is 1. The molecule has 0 aliphatic rings. The van der Waals surface area contributed by atoms with Crippen molar-refractivity contribution in [3.8, 4) is 5.75 Å². The number of hydrogen-bond donors (Lipinski definition) is 4. The number of carbonyl (C=O) groups excluding carboxylic acids is 1. The van der Waals surface area contributed by atoms with Crippen LogP contribution in [0.25, 0.3) is 0 Å². The minimum absolute atomic E-state index is 0.108. The summed E-state index contributed by atoms with van der Waals surface area (Å²) in [5, 5.41) is 23.2. The smallest absolute Gasteiger partial charge is 0.337 e. The van der Waals surface area contributed by atoms with Crippen molar-refractivity contribution in [2.45, 2.75) is 6.54 Å². The van der Waals surface area contributed by atoms with Gasteiger partial charge >= 0.3 is 12.0 Å². The third-order valence-electron chi connectivity index (χ3n) is 2.39. The van der Waals surface area contributed by atoms with E-state index in [9.17, 15) is 14.7 Å². The predicted octanol–water partition coefficient (Wildman–Crippen LogP) is 1.87. The number of carboxylic acid groups (broad SMARTS) is 1. The number of thiazole rings is 1. The maximum atomic E-state index is 11.7. The first-order valence-electron chi connectivity index (χ1n) is 5.55. The molecule has 0 aliphatic heterocycles. The zero-order valence-corrected chi connectivity index (χ0v) is 11.0. The molecule has 1 heterocycles. The van der Waals surface area contributed by atoms with Gasteiger partial charge in [0.15, 0.2) is 0 Å². The van der Waals surface area contributed by atoms with Gasteiger partial charge in [0, 0.05) is 11.1 Å². The van der Waals surface area contributed by atoms with Crippen molar-refractivity contribution < 1.29 is 19.8 Å². The van der Waals surface area contributed by atoms with E-state index < -0.39 is 12.0 Å². The summed E-state index contributed by atoms with van der Waals surface area (Å²) in [7, 11) is 0. The summed E-state index contributed by atoms with van der Waals surface area (Å²) in [6.45, 7) is 0.303. The number of phenolic OH excluding ortho intramolecular Hbond substituents is 1. The average molecular weight is 293 g/mol. The third-order valence-corrected chi connectivity index (χ3v) is 3.17. The molecule has 0 unspecified atom stereocenters. The maximum absolute atomic E-state index is 11.7. The van der Waals surface area contributed by atoms with Crippen LogP contribution in [0.2, 0.25) is 0 Å². The number of carbonyl (C=O) groups is 2. The van der Waals surface area contributed by atoms with Crippen LogP contribution in [0.1, 0.15) is 15.2 Å². The van der Waals surface area contributed by atoms with Crippen LogP contribution in [-0.4, -0.2) is 27.2 Å². The van der Waals surface area contributed by atoms with Crippen LogP contribution in [0.15, 0.2) is 29.9 Å². The van der Waals surface area contributed by atoms with E-state index in [0.29, 0.717) is 6.54 Å². The molecule has 8 heteroatoms. The van der Waals surface area contributed by atoms with Crippen molar-refractivity contribution in [2.24, 2.45) is 0 Å². The Bertz CT molecular complexity index is 628. The summed E-state index contributed by atoms with van der Waals surface area (Å²) in [5.41, 5.74) is 1.58. The van der Waals surface area contributed by atoms with Crippen molar-refractivity contribution in [2.75, 3.05) is 5.32 Å². The van der Waals surface area contributed by atoms with Gasteiger partial charge in [-0.05, 0) is 18.2 Å². The fraction of sp³-hybridized carbons (Fsp3) is 0.0833. The second kappa shape index (κ2) is 6.02. The lowest BCUT2D eigenvalue weighted by Crippen LogP contribution is -2.28. The van der Waals surface area contributed by atoms with E-state index in [0.717, 1.165) is 10.9 Å². The monoisotopic (exact) mass is 293 g/mol. The van der Waals surface area contributed by atoms with Gasteiger partial charge in [-0.1, -0.05) is 0 Å². The topological polar surface area (TPSA) is 112 Å². The van der Waals surface area contributed by atoms with Crippen molar-refractivity contribution in [1.29, 1.82) is 0 Å².